The highest BCUT2D eigenvalue weighted by Gasteiger charge is 2.28. The summed E-state index contributed by atoms with van der Waals surface area (Å²) in [5.41, 5.74) is 1.40. The Hall–Kier alpha value is -3.09. The van der Waals surface area contributed by atoms with Crippen molar-refractivity contribution < 1.29 is 4.79 Å². The minimum atomic E-state index is -0.0198. The Morgan fingerprint density at radius 2 is 1.86 bits per heavy atom. The molecule has 7 heteroatoms. The summed E-state index contributed by atoms with van der Waals surface area (Å²) in [5, 5.41) is 0. The summed E-state index contributed by atoms with van der Waals surface area (Å²) in [6.07, 6.45) is 12.5. The molecular weight excluding hydrogens is 352 g/mol. The fourth-order valence-electron chi connectivity index (χ4n) is 3.72. The van der Waals surface area contributed by atoms with Crippen molar-refractivity contribution in [1.29, 1.82) is 0 Å². The lowest BCUT2D eigenvalue weighted by atomic mass is 9.96. The summed E-state index contributed by atoms with van der Waals surface area (Å²) in [6.45, 7) is 5.73. The number of piperidine rings is 1. The van der Waals surface area contributed by atoms with Gasteiger partial charge in [-0.25, -0.2) is 15.0 Å². The van der Waals surface area contributed by atoms with E-state index >= 15 is 0 Å². The van der Waals surface area contributed by atoms with Crippen molar-refractivity contribution in [3.63, 3.8) is 0 Å². The van der Waals surface area contributed by atoms with E-state index in [0.717, 1.165) is 30.8 Å². The van der Waals surface area contributed by atoms with Gasteiger partial charge in [0.1, 0.15) is 5.82 Å². The molecule has 1 amide bonds. The molecule has 144 valence electrons. The number of rotatable bonds is 4. The maximum absolute atomic E-state index is 13.0. The molecule has 3 aromatic rings. The van der Waals surface area contributed by atoms with Crippen LogP contribution in [0.5, 0.6) is 0 Å². The van der Waals surface area contributed by atoms with Crippen LogP contribution in [0, 0.1) is 0 Å². The van der Waals surface area contributed by atoms with E-state index in [1.165, 1.54) is 0 Å². The van der Waals surface area contributed by atoms with Gasteiger partial charge in [0.2, 0.25) is 0 Å². The lowest BCUT2D eigenvalue weighted by molar-refractivity contribution is 0.0702. The zero-order valence-corrected chi connectivity index (χ0v) is 16.2. The Balaban J connectivity index is 1.49. The Labute approximate surface area is 164 Å². The first-order chi connectivity index (χ1) is 13.6. The molecule has 28 heavy (non-hydrogen) atoms. The van der Waals surface area contributed by atoms with Crippen LogP contribution in [0.15, 0.2) is 49.3 Å². The van der Waals surface area contributed by atoms with Gasteiger partial charge in [0.15, 0.2) is 5.82 Å². The summed E-state index contributed by atoms with van der Waals surface area (Å²) in [7, 11) is 0. The van der Waals surface area contributed by atoms with Gasteiger partial charge < -0.3 is 9.47 Å². The maximum Gasteiger partial charge on any atom is 0.257 e. The first-order valence-corrected chi connectivity index (χ1v) is 9.68. The number of imidazole rings is 1. The first kappa shape index (κ1) is 18.3. The molecule has 0 spiro atoms. The molecule has 3 aromatic heterocycles. The molecule has 1 aliphatic rings. The standard InChI is InChI=1S/C21H24N6O/c1-15(2)27-11-9-23-20(27)17-4-3-10-26(14-17)21(28)18-12-24-19(25-13-18)16-5-7-22-8-6-16/h5-9,11-13,15,17H,3-4,10,14H2,1-2H3/t17-/m1/s1. The van der Waals surface area contributed by atoms with Gasteiger partial charge in [-0.2, -0.15) is 0 Å². The molecule has 1 aliphatic heterocycles. The second-order valence-corrected chi connectivity index (χ2v) is 7.41. The third-order valence-electron chi connectivity index (χ3n) is 5.17. The molecule has 0 saturated carbocycles. The number of nitrogens with zero attached hydrogens (tertiary/aromatic N) is 6. The van der Waals surface area contributed by atoms with Crippen molar-refractivity contribution in [2.24, 2.45) is 0 Å². The lowest BCUT2D eigenvalue weighted by Gasteiger charge is -2.33. The zero-order chi connectivity index (χ0) is 19.5. The number of aromatic nitrogens is 5. The van der Waals surface area contributed by atoms with Gasteiger partial charge in [0, 0.05) is 67.8 Å². The highest BCUT2D eigenvalue weighted by Crippen LogP contribution is 2.28. The van der Waals surface area contributed by atoms with Crippen molar-refractivity contribution in [2.45, 2.75) is 38.6 Å². The smallest absolute Gasteiger partial charge is 0.257 e. The number of likely N-dealkylation sites (tertiary alicyclic amines) is 1. The van der Waals surface area contributed by atoms with Crippen molar-refractivity contribution in [1.82, 2.24) is 29.4 Å². The summed E-state index contributed by atoms with van der Waals surface area (Å²) in [6, 6.07) is 4.06. The highest BCUT2D eigenvalue weighted by molar-refractivity contribution is 5.93. The molecule has 7 nitrogen and oxygen atoms in total. The highest BCUT2D eigenvalue weighted by atomic mass is 16.2. The number of pyridine rings is 1. The molecule has 1 saturated heterocycles. The Morgan fingerprint density at radius 3 is 2.57 bits per heavy atom. The summed E-state index contributed by atoms with van der Waals surface area (Å²) < 4.78 is 2.20. The van der Waals surface area contributed by atoms with Crippen molar-refractivity contribution in [3.8, 4) is 11.4 Å². The van der Waals surface area contributed by atoms with E-state index in [9.17, 15) is 4.79 Å². The van der Waals surface area contributed by atoms with E-state index in [0.29, 0.717) is 24.0 Å². The minimum absolute atomic E-state index is 0.0198. The van der Waals surface area contributed by atoms with Gasteiger partial charge in [0.25, 0.3) is 5.91 Å². The molecule has 0 radical (unpaired) electrons. The van der Waals surface area contributed by atoms with Crippen LogP contribution in [0.3, 0.4) is 0 Å². The number of carbonyl (C=O) groups excluding carboxylic acids is 1. The van der Waals surface area contributed by atoms with E-state index < -0.39 is 0 Å². The largest absolute Gasteiger partial charge is 0.338 e. The predicted molar refractivity (Wildman–Crippen MR) is 106 cm³/mol. The van der Waals surface area contributed by atoms with Gasteiger partial charge in [-0.15, -0.1) is 0 Å². The van der Waals surface area contributed by atoms with E-state index in [2.05, 4.69) is 38.4 Å². The number of amides is 1. The van der Waals surface area contributed by atoms with Gasteiger partial charge in [0.05, 0.1) is 5.56 Å². The second kappa shape index (κ2) is 7.88. The molecular formula is C21H24N6O. The van der Waals surface area contributed by atoms with Crippen LogP contribution < -0.4 is 0 Å². The SMILES string of the molecule is CC(C)n1ccnc1[C@@H]1CCCN(C(=O)c2cnc(-c3ccncc3)nc2)C1. The molecule has 4 heterocycles. The number of carbonyl (C=O) groups is 1. The second-order valence-electron chi connectivity index (χ2n) is 7.41. The van der Waals surface area contributed by atoms with Crippen LogP contribution in [-0.2, 0) is 0 Å². The van der Waals surface area contributed by atoms with Crippen LogP contribution >= 0.6 is 0 Å². The molecule has 0 bridgehead atoms. The van der Waals surface area contributed by atoms with Gasteiger partial charge in [-0.05, 0) is 38.8 Å². The van der Waals surface area contributed by atoms with E-state index in [-0.39, 0.29) is 11.8 Å². The van der Waals surface area contributed by atoms with Gasteiger partial charge in [-0.1, -0.05) is 0 Å². The van der Waals surface area contributed by atoms with Crippen molar-refractivity contribution >= 4 is 5.91 Å². The zero-order valence-electron chi connectivity index (χ0n) is 16.2. The van der Waals surface area contributed by atoms with Crippen LogP contribution in [-0.4, -0.2) is 48.4 Å². The molecule has 0 N–H and O–H groups in total. The normalized spacial score (nSPS) is 17.1. The first-order valence-electron chi connectivity index (χ1n) is 9.68. The van der Waals surface area contributed by atoms with Crippen LogP contribution in [0.2, 0.25) is 0 Å². The van der Waals surface area contributed by atoms with Crippen LogP contribution in [0.25, 0.3) is 11.4 Å². The average molecular weight is 376 g/mol. The Kier molecular flexibility index (Phi) is 5.14. The third-order valence-corrected chi connectivity index (χ3v) is 5.17. The molecule has 0 unspecified atom stereocenters. The quantitative estimate of drug-likeness (QED) is 0.698. The van der Waals surface area contributed by atoms with Crippen LogP contribution in [0.4, 0.5) is 0 Å². The Bertz CT molecular complexity index is 935. The fraction of sp³-hybridized carbons (Fsp3) is 0.381. The van der Waals surface area contributed by atoms with Gasteiger partial charge >= 0.3 is 0 Å². The number of hydrogen-bond donors (Lipinski definition) is 0. The fourth-order valence-corrected chi connectivity index (χ4v) is 3.72. The van der Waals surface area contributed by atoms with Crippen LogP contribution in [0.1, 0.15) is 54.8 Å². The molecule has 0 aliphatic carbocycles. The van der Waals surface area contributed by atoms with E-state index in [4.69, 9.17) is 0 Å². The summed E-state index contributed by atoms with van der Waals surface area (Å²) in [4.78, 5) is 32.2. The topological polar surface area (TPSA) is 76.8 Å². The average Bonchev–Trinajstić information content (AvgIpc) is 3.24. The maximum atomic E-state index is 13.0. The third kappa shape index (κ3) is 3.65. The van der Waals surface area contributed by atoms with E-state index in [1.807, 2.05) is 29.4 Å². The molecule has 1 fully saturated rings. The predicted octanol–water partition coefficient (Wildman–Crippen LogP) is 3.34. The lowest BCUT2D eigenvalue weighted by Crippen LogP contribution is -2.40. The minimum Gasteiger partial charge on any atom is -0.338 e. The van der Waals surface area contributed by atoms with E-state index in [1.54, 1.807) is 24.8 Å². The van der Waals surface area contributed by atoms with Gasteiger partial charge in [-0.3, -0.25) is 9.78 Å². The Morgan fingerprint density at radius 1 is 1.11 bits per heavy atom. The molecule has 0 aromatic carbocycles. The summed E-state index contributed by atoms with van der Waals surface area (Å²) in [5.74, 6) is 1.90. The monoisotopic (exact) mass is 376 g/mol. The summed E-state index contributed by atoms with van der Waals surface area (Å²) >= 11 is 0. The van der Waals surface area contributed by atoms with Crippen molar-refractivity contribution in [2.75, 3.05) is 13.1 Å². The molecule has 1 atom stereocenters. The molecule has 4 rings (SSSR count). The van der Waals surface area contributed by atoms with Crippen molar-refractivity contribution in [3.05, 3.63) is 60.7 Å². The number of hydrogen-bond acceptors (Lipinski definition) is 5.